The van der Waals surface area contributed by atoms with Crippen molar-refractivity contribution in [1.29, 1.82) is 5.41 Å². The van der Waals surface area contributed by atoms with Gasteiger partial charge < -0.3 is 130 Å². The Labute approximate surface area is 807 Å². The van der Waals surface area contributed by atoms with Gasteiger partial charge in [-0.25, -0.2) is 4.98 Å². The van der Waals surface area contributed by atoms with E-state index in [0.29, 0.717) is 77.0 Å². The summed E-state index contributed by atoms with van der Waals surface area (Å²) in [6.07, 6.45) is 3.40. The number of likely N-dealkylation sites (N-methyl/N-ethyl adjacent to an activating group) is 2. The number of guanidine groups is 1. The maximum atomic E-state index is 15.8. The van der Waals surface area contributed by atoms with E-state index in [-0.39, 0.29) is 121 Å². The molecular weight excluding hydrogens is 1820 g/mol. The topological polar surface area (TPSA) is 670 Å². The number of amides is 15. The molecule has 15 amide bonds. The van der Waals surface area contributed by atoms with Crippen molar-refractivity contribution in [3.63, 3.8) is 0 Å². The molecule has 45 heteroatoms. The van der Waals surface area contributed by atoms with Crippen molar-refractivity contribution >= 4 is 140 Å². The van der Waals surface area contributed by atoms with Gasteiger partial charge in [-0.3, -0.25) is 86.9 Å². The van der Waals surface area contributed by atoms with Crippen LogP contribution in [0.3, 0.4) is 0 Å². The van der Waals surface area contributed by atoms with Crippen LogP contribution in [0.5, 0.6) is 5.75 Å². The fourth-order valence-corrected chi connectivity index (χ4v) is 18.9. The Bertz CT molecular complexity index is 5330. The Morgan fingerprint density at radius 3 is 1.71 bits per heavy atom. The molecule has 10 rings (SSSR count). The van der Waals surface area contributed by atoms with Crippen molar-refractivity contribution in [3.05, 3.63) is 120 Å². The van der Waals surface area contributed by atoms with Crippen molar-refractivity contribution in [2.75, 3.05) is 71.5 Å². The number of ketones is 1. The number of rotatable bonds is 28. The average Bonchev–Trinajstić information content (AvgIpc) is 1.73. The maximum absolute atomic E-state index is 15.8. The number of carboxylic acids is 1. The van der Waals surface area contributed by atoms with Gasteiger partial charge in [0.05, 0.1) is 49.0 Å². The summed E-state index contributed by atoms with van der Waals surface area (Å²) in [5.41, 5.74) is 20.2. The molecule has 44 nitrogen and oxygen atoms in total. The number of piperidine rings is 1. The number of thioether (sulfide) groups is 1. The molecule has 754 valence electrons. The van der Waals surface area contributed by atoms with Gasteiger partial charge in [0.25, 0.3) is 0 Å². The number of carboxylic acid groups (broad SMARTS) is 1. The molecule has 0 aliphatic carbocycles. The minimum atomic E-state index is -1.66. The van der Waals surface area contributed by atoms with Crippen LogP contribution in [0.1, 0.15) is 158 Å². The quantitative estimate of drug-likeness (QED) is 0.0149. The molecule has 4 aliphatic heterocycles. The highest BCUT2D eigenvalue weighted by atomic mass is 32.2. The molecule has 0 spiro atoms. The number of aromatic hydroxyl groups is 1. The fraction of sp³-hybridized carbons (Fsp3) is 0.543. The first-order valence-corrected chi connectivity index (χ1v) is 48.4. The predicted octanol–water partition coefficient (Wildman–Crippen LogP) is -1.62. The number of fused-ring (bicyclic) bond motifs is 5. The third-order valence-electron chi connectivity index (χ3n) is 25.6. The van der Waals surface area contributed by atoms with Crippen molar-refractivity contribution in [2.45, 2.75) is 246 Å². The van der Waals surface area contributed by atoms with E-state index in [4.69, 9.17) is 22.6 Å². The number of phenols is 1. The van der Waals surface area contributed by atoms with Gasteiger partial charge in [-0.05, 0) is 125 Å². The first-order chi connectivity index (χ1) is 66.6. The molecule has 4 fully saturated rings. The number of para-hydroxylation sites is 2. The highest BCUT2D eigenvalue weighted by molar-refractivity contribution is 8.00. The summed E-state index contributed by atoms with van der Waals surface area (Å²) in [4.78, 5) is 271. The zero-order valence-electron chi connectivity index (χ0n) is 78.6. The smallest absolute Gasteiger partial charge is 0.303 e. The van der Waals surface area contributed by atoms with Crippen LogP contribution < -0.4 is 70.4 Å². The second-order valence-corrected chi connectivity index (χ2v) is 36.8. The van der Waals surface area contributed by atoms with Crippen molar-refractivity contribution in [2.24, 2.45) is 23.1 Å². The van der Waals surface area contributed by atoms with Gasteiger partial charge in [-0.1, -0.05) is 88.1 Å². The number of nitrogens with one attached hydrogen (secondary N) is 14. The van der Waals surface area contributed by atoms with Gasteiger partial charge >= 0.3 is 5.97 Å². The summed E-state index contributed by atoms with van der Waals surface area (Å²) < 4.78 is 0. The molecule has 3 aromatic carbocycles. The number of aliphatic hydroxyl groups is 2. The monoisotopic (exact) mass is 1950 g/mol. The van der Waals surface area contributed by atoms with E-state index >= 15 is 62.3 Å². The van der Waals surface area contributed by atoms with E-state index in [1.165, 1.54) is 55.8 Å². The molecule has 4 aliphatic rings. The molecule has 7 heterocycles. The van der Waals surface area contributed by atoms with Crippen molar-refractivity contribution in [1.82, 2.24) is 97.6 Å². The average molecular weight is 1950 g/mol. The SMILES string of the molecule is CCCC[C@H]1C(=O)N(C)[C@@H](CCCC)C(=O)N[C@@H](CCCNC(=N)N)C(=O)N[C@H](C(=O)NCC(N)=O)CSCC(=O)N[C@@H](Cc2ccc(O)cc2)C(=O)N2CCCC[C@H]2C(=O)N[C@@H](CCC(=O)O)C(=O)N2CCC[C@H]2C(=O)N[C@@H](Cc2c[nH]cn2)C(=O)N[C@@H](CCCN)C(=O)N2C[C@H](O)C[C@H]2C(=O)N[C@@H](Cc2c[nH]c3ccccc23)C(=O)C[C@@H](CO)C(=O)N[C@@H](Cc2c[nH]c3ccccc23)C(=O)N1C. The summed E-state index contributed by atoms with van der Waals surface area (Å²) in [7, 11) is 2.71. The van der Waals surface area contributed by atoms with Crippen LogP contribution in [0, 0.1) is 11.3 Å². The lowest BCUT2D eigenvalue weighted by molar-refractivity contribution is -0.149. The summed E-state index contributed by atoms with van der Waals surface area (Å²) >= 11 is 0.779. The number of hydrogen-bond donors (Lipinski definition) is 21. The zero-order valence-corrected chi connectivity index (χ0v) is 79.4. The lowest BCUT2D eigenvalue weighted by Gasteiger charge is -2.38. The van der Waals surface area contributed by atoms with Gasteiger partial charge in [0.1, 0.15) is 78.3 Å². The van der Waals surface area contributed by atoms with Crippen LogP contribution in [-0.2, 0) is 107 Å². The normalized spacial score (nSPS) is 24.9. The highest BCUT2D eigenvalue weighted by Gasteiger charge is 2.47. The van der Waals surface area contributed by atoms with Crippen LogP contribution >= 0.6 is 11.8 Å². The number of nitrogens with two attached hydrogens (primary N) is 3. The lowest BCUT2D eigenvalue weighted by atomic mass is 9.93. The van der Waals surface area contributed by atoms with E-state index in [1.807, 2.05) is 13.8 Å². The molecule has 24 N–H and O–H groups in total. The Balaban J connectivity index is 1.03. The van der Waals surface area contributed by atoms with Crippen molar-refractivity contribution < 1.29 is 102 Å². The third-order valence-corrected chi connectivity index (χ3v) is 26.7. The van der Waals surface area contributed by atoms with Crippen LogP contribution in [0.15, 0.2) is 97.7 Å². The number of aromatic nitrogens is 4. The molecule has 0 saturated carbocycles. The van der Waals surface area contributed by atoms with Crippen LogP contribution in [0.4, 0.5) is 0 Å². The minimum absolute atomic E-state index is 0.00190. The number of hydrogen-bond acceptors (Lipinski definition) is 24. The molecule has 3 aromatic heterocycles. The summed E-state index contributed by atoms with van der Waals surface area (Å²) in [5.74, 6) is -18.9. The Hall–Kier alpha value is -13.6. The van der Waals surface area contributed by atoms with Crippen LogP contribution in [-0.4, -0.2) is 327 Å². The number of phenolic OH excluding ortho intramolecular Hbond substituents is 1. The molecule has 15 atom stereocenters. The van der Waals surface area contributed by atoms with E-state index in [0.717, 1.165) is 31.4 Å². The Morgan fingerprint density at radius 1 is 0.547 bits per heavy atom. The molecule has 0 unspecified atom stereocenters. The van der Waals surface area contributed by atoms with E-state index in [9.17, 15) is 39.6 Å². The number of aliphatic hydroxyl groups excluding tert-OH is 2. The van der Waals surface area contributed by atoms with Gasteiger partial charge in [-0.2, -0.15) is 0 Å². The molecule has 4 saturated heterocycles. The molecule has 139 heavy (non-hydrogen) atoms. The number of nitrogens with zero attached hydrogens (tertiary/aromatic N) is 6. The number of primary amides is 1. The second kappa shape index (κ2) is 52.3. The molecule has 0 bridgehead atoms. The number of carbonyl (C=O) groups excluding carboxylic acids is 16. The summed E-state index contributed by atoms with van der Waals surface area (Å²) in [6, 6.07) is 0.195. The fourth-order valence-electron chi connectivity index (χ4n) is 18.0. The van der Waals surface area contributed by atoms with E-state index < -0.39 is 254 Å². The number of unbranched alkanes of at least 4 members (excludes halogenated alkanes) is 2. The van der Waals surface area contributed by atoms with Gasteiger partial charge in [0.2, 0.25) is 88.6 Å². The predicted molar refractivity (Wildman–Crippen MR) is 510 cm³/mol. The highest BCUT2D eigenvalue weighted by Crippen LogP contribution is 2.30. The van der Waals surface area contributed by atoms with Gasteiger partial charge in [0.15, 0.2) is 11.7 Å². The standard InChI is InChI=1S/C94H131N23O21S/c1-5-7-24-72-85(130)106-64(23-16-35-100-94(97)98)83(128)112-71(82(127)103-47-78(96)122)50-139-51-79(123)105-69(38-53-28-30-58(119)31-29-53)92(137)115-36-14-13-26-73(115)86(131)108-66(32-33-80(124)125)90(135)116-37-17-27-74(116)87(132)110-68(42-57-46-99-52-104-57)84(129)107-65(22-15-34-95)91(136)117-48-59(120)43-76(117)88(133)109-67(39-54-44-101-62-20-11-9-18-60(54)62)77(121)41-56(49-118)81(126)111-70(40-55-45-102-63-21-12-10-19-61(55)63)89(134)114(4)75(25-8-6-2)93(138)113(72)3/h9-12,18-21,28-31,44-46,52,56,59,64-76,101-102,118-120H,5-8,13-17,22-27,32-43,47-51,95H2,1-4H3,(H2,96,122)(H,99,104)(H,103,127)(H,105,123)(H,106,130)(H,107,129)(H,108,131)(H,109,133)(H,110,132)(H,111,126)(H,112,128)(H,124,125)(H4,97,98,100)/t56-,59+,64-,65-,66-,67-,68-,69-,70-,71-,72-,73-,74-,75-,76-/m0/s1. The number of aromatic amines is 3. The Morgan fingerprint density at radius 2 is 1.09 bits per heavy atom. The number of aliphatic carboxylic acids is 1. The van der Waals surface area contributed by atoms with Crippen LogP contribution in [0.2, 0.25) is 0 Å². The third kappa shape index (κ3) is 30.0. The first-order valence-electron chi connectivity index (χ1n) is 47.3. The van der Waals surface area contributed by atoms with Crippen molar-refractivity contribution in [3.8, 4) is 5.75 Å². The van der Waals surface area contributed by atoms with Gasteiger partial charge in [-0.15, -0.1) is 11.8 Å². The number of benzene rings is 3. The number of Topliss-reactive ketones (excluding diaryl/α,β-unsaturated/α-hetero) is 1. The molecular formula is C94H131N23O21S. The molecule has 0 radical (unpaired) electrons. The lowest BCUT2D eigenvalue weighted by Crippen LogP contribution is -2.61. The van der Waals surface area contributed by atoms with E-state index in [2.05, 4.69) is 73.1 Å². The maximum Gasteiger partial charge on any atom is 0.303 e. The minimum Gasteiger partial charge on any atom is -0.508 e. The first kappa shape index (κ1) is 107. The van der Waals surface area contributed by atoms with E-state index in [1.54, 1.807) is 60.9 Å². The Kier molecular flexibility index (Phi) is 40.4. The number of imidazole rings is 1. The largest absolute Gasteiger partial charge is 0.508 e. The summed E-state index contributed by atoms with van der Waals surface area (Å²) in [6.45, 7) is 1.26. The van der Waals surface area contributed by atoms with Crippen LogP contribution in [0.25, 0.3) is 21.8 Å². The number of carbonyl (C=O) groups is 17. The number of H-pyrrole nitrogens is 3. The second-order valence-electron chi connectivity index (χ2n) is 35.7. The molecule has 6 aromatic rings. The summed E-state index contributed by atoms with van der Waals surface area (Å²) in [5, 5.41) is 79.3. The van der Waals surface area contributed by atoms with Gasteiger partial charge in [0, 0.05) is 131 Å². The zero-order chi connectivity index (χ0) is 101.